The fraction of sp³-hybridized carbons (Fsp3) is 0.589. The van der Waals surface area contributed by atoms with Gasteiger partial charge < -0.3 is 56.0 Å². The maximum absolute atomic E-state index is 14.1. The number of piperidine rings is 2. The minimum atomic E-state index is -0.256. The molecule has 3 aromatic rings. The molecule has 0 bridgehead atoms. The van der Waals surface area contributed by atoms with Crippen molar-refractivity contribution in [1.29, 1.82) is 5.26 Å². The zero-order chi connectivity index (χ0) is 53.9. The van der Waals surface area contributed by atoms with Gasteiger partial charge >= 0.3 is 0 Å². The Morgan fingerprint density at radius 1 is 0.750 bits per heavy atom. The molecule has 1 aromatic heterocycles. The number of ether oxygens (including phenoxy) is 5. The first-order chi connectivity index (χ1) is 37.0. The molecular weight excluding hydrogens is 991 g/mol. The van der Waals surface area contributed by atoms with Crippen molar-refractivity contribution in [2.75, 3.05) is 105 Å². The molecule has 0 spiro atoms. The summed E-state index contributed by atoms with van der Waals surface area (Å²) in [7, 11) is 1.58. The second-order valence-corrected chi connectivity index (χ2v) is 20.9. The van der Waals surface area contributed by atoms with Gasteiger partial charge in [0.05, 0.1) is 77.2 Å². The molecular formula is C56H79N9O10S. The van der Waals surface area contributed by atoms with Gasteiger partial charge in [-0.05, 0) is 105 Å². The minimum Gasteiger partial charge on any atom is -0.497 e. The molecule has 3 saturated heterocycles. The van der Waals surface area contributed by atoms with E-state index in [4.69, 9.17) is 40.4 Å². The predicted octanol–water partition coefficient (Wildman–Crippen LogP) is 4.04. The molecule has 4 amide bonds. The standard InChI is InChI=1S/C56H79N9O10S/c1-71-47-14-12-42(13-15-47)54(68)43-16-25-65(26-17-43)56(70)53-44(35-45(37-62-53)55(69)63-46-18-23-64(24-19-46)38-41-10-8-40(36-57)9-11-41)5-4-21-60-51(67)20-27-72-29-31-74-33-34-75-32-30-73-28-22-61-50(66)7-3-2-6-49-52(59)48(58)39-76-49/h8-15,35,37,43,46,48-49,52H,2-7,16-34,38-39,58-59H2,1H3,(H,60,67)(H,61,66)(H,63,69). The average Bonchev–Trinajstić information content (AvgIpc) is 3.77. The number of aryl methyl sites for hydroxylation is 1. The van der Waals surface area contributed by atoms with Crippen LogP contribution in [0.4, 0.5) is 0 Å². The SMILES string of the molecule is COc1ccc(C(=O)C2CCN(C(=O)c3ncc(C(=O)NC4CCN(Cc5ccc(C#N)cc5)CC4)cc3CCCNC(=O)CCOCCOCCOCCOCCNC(=O)CCCCC3SCC(N)C3N)CC2)cc1. The van der Waals surface area contributed by atoms with Crippen molar-refractivity contribution in [3.05, 3.63) is 94.3 Å². The lowest BCUT2D eigenvalue weighted by molar-refractivity contribution is -0.122. The molecule has 6 rings (SSSR count). The summed E-state index contributed by atoms with van der Waals surface area (Å²) in [6, 6.07) is 18.7. The Kier molecular flexibility index (Phi) is 25.9. The summed E-state index contributed by atoms with van der Waals surface area (Å²) in [5.41, 5.74) is 15.8. The van der Waals surface area contributed by atoms with Crippen LogP contribution in [0.25, 0.3) is 0 Å². The van der Waals surface area contributed by atoms with Gasteiger partial charge in [-0.3, -0.25) is 28.9 Å². The number of nitrogens with two attached hydrogens (primary N) is 2. The normalized spacial score (nSPS) is 18.2. The Bertz CT molecular complexity index is 2320. The van der Waals surface area contributed by atoms with Crippen LogP contribution in [0.3, 0.4) is 0 Å². The van der Waals surface area contributed by atoms with E-state index in [9.17, 15) is 24.0 Å². The Hall–Kier alpha value is -5.50. The smallest absolute Gasteiger partial charge is 0.272 e. The number of nitrogens with zero attached hydrogens (tertiary/aromatic N) is 4. The van der Waals surface area contributed by atoms with Crippen molar-refractivity contribution in [2.45, 2.75) is 101 Å². The third-order valence-corrected chi connectivity index (χ3v) is 15.6. The molecule has 0 radical (unpaired) electrons. The molecule has 4 heterocycles. The number of rotatable bonds is 32. The van der Waals surface area contributed by atoms with Gasteiger partial charge in [0.1, 0.15) is 11.4 Å². The number of thioether (sulfide) groups is 1. The highest BCUT2D eigenvalue weighted by Gasteiger charge is 2.32. The molecule has 0 saturated carbocycles. The van der Waals surface area contributed by atoms with E-state index in [1.807, 2.05) is 36.0 Å². The number of amides is 4. The van der Waals surface area contributed by atoms with E-state index in [-0.39, 0.29) is 72.2 Å². The summed E-state index contributed by atoms with van der Waals surface area (Å²) in [4.78, 5) is 74.5. The zero-order valence-corrected chi connectivity index (χ0v) is 45.0. The number of methoxy groups -OCH3 is 1. The van der Waals surface area contributed by atoms with Crippen LogP contribution in [0, 0.1) is 17.2 Å². The molecule has 3 atom stereocenters. The van der Waals surface area contributed by atoms with Crippen LogP contribution in [0.5, 0.6) is 5.75 Å². The number of benzene rings is 2. The highest BCUT2D eigenvalue weighted by molar-refractivity contribution is 8.00. The number of ketones is 1. The molecule has 20 heteroatoms. The molecule has 3 unspecified atom stereocenters. The molecule has 0 aliphatic carbocycles. The number of unbranched alkanes of at least 4 members (excludes halogenated alkanes) is 1. The zero-order valence-electron chi connectivity index (χ0n) is 44.2. The molecule has 19 nitrogen and oxygen atoms in total. The Morgan fingerprint density at radius 2 is 1.39 bits per heavy atom. The van der Waals surface area contributed by atoms with Crippen molar-refractivity contribution < 1.29 is 47.7 Å². The highest BCUT2D eigenvalue weighted by atomic mass is 32.2. The van der Waals surface area contributed by atoms with Crippen molar-refractivity contribution >= 4 is 41.2 Å². The molecule has 76 heavy (non-hydrogen) atoms. The van der Waals surface area contributed by atoms with Gasteiger partial charge in [0.25, 0.3) is 11.8 Å². The monoisotopic (exact) mass is 1070 g/mol. The summed E-state index contributed by atoms with van der Waals surface area (Å²) < 4.78 is 27.5. The van der Waals surface area contributed by atoms with Gasteiger partial charge in [0, 0.05) is 105 Å². The van der Waals surface area contributed by atoms with Crippen molar-refractivity contribution in [3.8, 4) is 11.8 Å². The second-order valence-electron chi connectivity index (χ2n) is 19.6. The number of likely N-dealkylation sites (tertiary alicyclic amines) is 2. The summed E-state index contributed by atoms with van der Waals surface area (Å²) in [6.45, 7) is 6.92. The lowest BCUT2D eigenvalue weighted by Gasteiger charge is -2.32. The van der Waals surface area contributed by atoms with E-state index in [2.05, 4.69) is 31.9 Å². The van der Waals surface area contributed by atoms with Gasteiger partial charge in [-0.25, -0.2) is 4.98 Å². The number of carbonyl (C=O) groups is 5. The van der Waals surface area contributed by atoms with Gasteiger partial charge in [0.15, 0.2) is 5.78 Å². The second kappa shape index (κ2) is 32.9. The Morgan fingerprint density at radius 3 is 2.04 bits per heavy atom. The first-order valence-electron chi connectivity index (χ1n) is 27.0. The van der Waals surface area contributed by atoms with Crippen LogP contribution >= 0.6 is 11.8 Å². The summed E-state index contributed by atoms with van der Waals surface area (Å²) >= 11 is 1.84. The lowest BCUT2D eigenvalue weighted by Crippen LogP contribution is -2.44. The fourth-order valence-electron chi connectivity index (χ4n) is 9.46. The average molecular weight is 1070 g/mol. The molecule has 3 fully saturated rings. The van der Waals surface area contributed by atoms with Gasteiger partial charge in [-0.2, -0.15) is 17.0 Å². The highest BCUT2D eigenvalue weighted by Crippen LogP contribution is 2.29. The number of aromatic nitrogens is 1. The number of pyridine rings is 1. The first kappa shape index (κ1) is 59.7. The van der Waals surface area contributed by atoms with E-state index in [1.165, 1.54) is 6.20 Å². The molecule has 414 valence electrons. The van der Waals surface area contributed by atoms with Gasteiger partial charge in [-0.1, -0.05) is 18.6 Å². The van der Waals surface area contributed by atoms with E-state index < -0.39 is 0 Å². The number of carbonyl (C=O) groups excluding carboxylic acids is 5. The summed E-state index contributed by atoms with van der Waals surface area (Å²) in [6.07, 6.45) is 8.41. The molecule has 2 aromatic carbocycles. The summed E-state index contributed by atoms with van der Waals surface area (Å²) in [5, 5.41) is 18.5. The van der Waals surface area contributed by atoms with Crippen LogP contribution in [0.1, 0.15) is 112 Å². The van der Waals surface area contributed by atoms with Crippen molar-refractivity contribution in [1.82, 2.24) is 30.7 Å². The number of Topliss-reactive ketones (excluding diaryl/α,β-unsaturated/α-hetero) is 1. The quantitative estimate of drug-likeness (QED) is 0.0436. The van der Waals surface area contributed by atoms with Crippen LogP contribution in [0.15, 0.2) is 60.8 Å². The van der Waals surface area contributed by atoms with Gasteiger partial charge in [0.2, 0.25) is 11.8 Å². The third-order valence-electron chi connectivity index (χ3n) is 14.0. The number of hydrogen-bond acceptors (Lipinski definition) is 16. The van der Waals surface area contributed by atoms with Crippen LogP contribution in [-0.2, 0) is 41.5 Å². The molecule has 7 N–H and O–H groups in total. The number of hydrogen-bond donors (Lipinski definition) is 5. The molecule has 3 aliphatic rings. The topological polar surface area (TPSA) is 263 Å². The predicted molar refractivity (Wildman–Crippen MR) is 290 cm³/mol. The molecule has 3 aliphatic heterocycles. The van der Waals surface area contributed by atoms with Gasteiger partial charge in [-0.15, -0.1) is 0 Å². The fourth-order valence-corrected chi connectivity index (χ4v) is 10.9. The van der Waals surface area contributed by atoms with Crippen molar-refractivity contribution in [3.63, 3.8) is 0 Å². The van der Waals surface area contributed by atoms with Crippen LogP contribution in [0.2, 0.25) is 0 Å². The lowest BCUT2D eigenvalue weighted by atomic mass is 9.88. The van der Waals surface area contributed by atoms with Crippen LogP contribution in [-0.4, -0.2) is 173 Å². The Balaban J connectivity index is 0.844. The third kappa shape index (κ3) is 20.1. The van der Waals surface area contributed by atoms with E-state index in [1.54, 1.807) is 42.3 Å². The van der Waals surface area contributed by atoms with E-state index >= 15 is 0 Å². The van der Waals surface area contributed by atoms with Crippen LogP contribution < -0.4 is 32.2 Å². The first-order valence-corrected chi connectivity index (χ1v) is 28.0. The summed E-state index contributed by atoms with van der Waals surface area (Å²) in [5.74, 6) is 0.769. The largest absolute Gasteiger partial charge is 0.497 e. The number of nitrogens with one attached hydrogen (secondary N) is 3. The van der Waals surface area contributed by atoms with Crippen molar-refractivity contribution in [2.24, 2.45) is 17.4 Å². The maximum atomic E-state index is 14.1. The number of nitriles is 1. The minimum absolute atomic E-state index is 0.0203. The van der Waals surface area contributed by atoms with E-state index in [0.717, 1.165) is 63.1 Å². The Labute approximate surface area is 452 Å². The maximum Gasteiger partial charge on any atom is 0.272 e. The van der Waals surface area contributed by atoms with E-state index in [0.29, 0.717) is 138 Å².